The van der Waals surface area contributed by atoms with Crippen molar-refractivity contribution in [3.05, 3.63) is 59.7 Å². The van der Waals surface area contributed by atoms with Crippen LogP contribution in [0, 0.1) is 17.2 Å². The molecule has 1 heterocycles. The second-order valence-electron chi connectivity index (χ2n) is 6.68. The van der Waals surface area contributed by atoms with E-state index in [2.05, 4.69) is 35.2 Å². The number of hydrogen-bond acceptors (Lipinski definition) is 4. The molecule has 4 heteroatoms. The van der Waals surface area contributed by atoms with E-state index in [9.17, 15) is 10.1 Å². The Kier molecular flexibility index (Phi) is 6.04. The minimum absolute atomic E-state index is 0.00882. The van der Waals surface area contributed by atoms with Crippen LogP contribution >= 0.6 is 0 Å². The molecule has 0 saturated carbocycles. The largest absolute Gasteiger partial charge is 0.466 e. The molecule has 134 valence electrons. The van der Waals surface area contributed by atoms with Crippen LogP contribution in [0.5, 0.6) is 0 Å². The van der Waals surface area contributed by atoms with E-state index >= 15 is 0 Å². The van der Waals surface area contributed by atoms with Gasteiger partial charge in [-0.25, -0.2) is 0 Å². The third-order valence-electron chi connectivity index (χ3n) is 4.84. The van der Waals surface area contributed by atoms with Crippen LogP contribution in [0.25, 0.3) is 11.1 Å². The van der Waals surface area contributed by atoms with E-state index in [1.54, 1.807) is 0 Å². The second kappa shape index (κ2) is 8.64. The lowest BCUT2D eigenvalue weighted by Crippen LogP contribution is -2.38. The standard InChI is InChI=1S/C22H24N2O2/c1-2-26-22(25)20-7-5-13-24(16-20)15-17-9-11-18(12-10-17)21-8-4-3-6-19(21)14-23/h3-4,6,8-12,20H,2,5,7,13,15-16H2,1H3. The first-order valence-corrected chi connectivity index (χ1v) is 9.18. The van der Waals surface area contributed by atoms with Gasteiger partial charge in [-0.1, -0.05) is 42.5 Å². The zero-order valence-corrected chi connectivity index (χ0v) is 15.1. The molecule has 3 rings (SSSR count). The Morgan fingerprint density at radius 1 is 1.23 bits per heavy atom. The Bertz CT molecular complexity index is 793. The number of carbonyl (C=O) groups is 1. The first-order valence-electron chi connectivity index (χ1n) is 9.18. The lowest BCUT2D eigenvalue weighted by atomic mass is 9.97. The number of nitrogens with zero attached hydrogens (tertiary/aromatic N) is 2. The smallest absolute Gasteiger partial charge is 0.310 e. The summed E-state index contributed by atoms with van der Waals surface area (Å²) in [6, 6.07) is 18.2. The van der Waals surface area contributed by atoms with Gasteiger partial charge in [0.25, 0.3) is 0 Å². The Morgan fingerprint density at radius 2 is 2.00 bits per heavy atom. The molecular weight excluding hydrogens is 324 g/mol. The van der Waals surface area contributed by atoms with Gasteiger partial charge in [-0.2, -0.15) is 5.26 Å². The topological polar surface area (TPSA) is 53.3 Å². The maximum absolute atomic E-state index is 12.0. The zero-order valence-electron chi connectivity index (χ0n) is 15.1. The van der Waals surface area contributed by atoms with Gasteiger partial charge in [0.05, 0.1) is 24.2 Å². The minimum Gasteiger partial charge on any atom is -0.466 e. The van der Waals surface area contributed by atoms with Crippen LogP contribution in [-0.2, 0) is 16.1 Å². The Morgan fingerprint density at radius 3 is 2.73 bits per heavy atom. The molecule has 1 saturated heterocycles. The van der Waals surface area contributed by atoms with Gasteiger partial charge in [-0.3, -0.25) is 9.69 Å². The summed E-state index contributed by atoms with van der Waals surface area (Å²) in [7, 11) is 0. The van der Waals surface area contributed by atoms with E-state index in [0.717, 1.165) is 43.6 Å². The summed E-state index contributed by atoms with van der Waals surface area (Å²) in [6.07, 6.45) is 1.94. The van der Waals surface area contributed by atoms with E-state index in [-0.39, 0.29) is 11.9 Å². The number of nitriles is 1. The number of hydrogen-bond donors (Lipinski definition) is 0. The average Bonchev–Trinajstić information content (AvgIpc) is 2.69. The zero-order chi connectivity index (χ0) is 18.4. The van der Waals surface area contributed by atoms with E-state index in [4.69, 9.17) is 4.74 Å². The minimum atomic E-state index is -0.0688. The summed E-state index contributed by atoms with van der Waals surface area (Å²) < 4.78 is 5.17. The van der Waals surface area contributed by atoms with Crippen molar-refractivity contribution in [3.8, 4) is 17.2 Å². The highest BCUT2D eigenvalue weighted by Crippen LogP contribution is 2.25. The molecule has 1 unspecified atom stereocenters. The molecule has 0 spiro atoms. The van der Waals surface area contributed by atoms with Crippen LogP contribution in [0.1, 0.15) is 30.9 Å². The van der Waals surface area contributed by atoms with Gasteiger partial charge in [0.15, 0.2) is 0 Å². The van der Waals surface area contributed by atoms with Gasteiger partial charge >= 0.3 is 5.97 Å². The Hall–Kier alpha value is -2.64. The van der Waals surface area contributed by atoms with Gasteiger partial charge in [-0.15, -0.1) is 0 Å². The summed E-state index contributed by atoms with van der Waals surface area (Å²) in [6.45, 7) is 4.90. The fourth-order valence-corrected chi connectivity index (χ4v) is 3.53. The van der Waals surface area contributed by atoms with Crippen LogP contribution in [0.2, 0.25) is 0 Å². The Balaban J connectivity index is 1.66. The first-order chi connectivity index (χ1) is 12.7. The molecular formula is C22H24N2O2. The van der Waals surface area contributed by atoms with Crippen LogP contribution in [-0.4, -0.2) is 30.6 Å². The van der Waals surface area contributed by atoms with Crippen molar-refractivity contribution < 1.29 is 9.53 Å². The number of carbonyl (C=O) groups excluding carboxylic acids is 1. The summed E-state index contributed by atoms with van der Waals surface area (Å²) >= 11 is 0. The van der Waals surface area contributed by atoms with Crippen LogP contribution in [0.4, 0.5) is 0 Å². The van der Waals surface area contributed by atoms with Crippen molar-refractivity contribution in [2.24, 2.45) is 5.92 Å². The Labute approximate surface area is 155 Å². The van der Waals surface area contributed by atoms with Gasteiger partial charge in [0.2, 0.25) is 0 Å². The van der Waals surface area contributed by atoms with Gasteiger partial charge < -0.3 is 4.74 Å². The van der Waals surface area contributed by atoms with Gasteiger partial charge in [0, 0.05) is 13.1 Å². The van der Waals surface area contributed by atoms with Crippen molar-refractivity contribution in [3.63, 3.8) is 0 Å². The normalized spacial score (nSPS) is 17.5. The number of rotatable bonds is 5. The number of ether oxygens (including phenoxy) is 1. The molecule has 0 N–H and O–H groups in total. The molecule has 0 bridgehead atoms. The highest BCUT2D eigenvalue weighted by Gasteiger charge is 2.26. The third kappa shape index (κ3) is 4.30. The maximum atomic E-state index is 12.0. The molecule has 2 aromatic carbocycles. The quantitative estimate of drug-likeness (QED) is 0.767. The van der Waals surface area contributed by atoms with Crippen LogP contribution in [0.3, 0.4) is 0 Å². The van der Waals surface area contributed by atoms with Crippen molar-refractivity contribution >= 4 is 5.97 Å². The lowest BCUT2D eigenvalue weighted by Gasteiger charge is -2.31. The predicted octanol–water partition coefficient (Wildman–Crippen LogP) is 4.00. The van der Waals surface area contributed by atoms with E-state index < -0.39 is 0 Å². The molecule has 1 aliphatic heterocycles. The molecule has 0 aromatic heterocycles. The van der Waals surface area contributed by atoms with Gasteiger partial charge in [0.1, 0.15) is 0 Å². The molecule has 2 aromatic rings. The predicted molar refractivity (Wildman–Crippen MR) is 101 cm³/mol. The molecule has 1 atom stereocenters. The summed E-state index contributed by atoms with van der Waals surface area (Å²) in [4.78, 5) is 14.3. The van der Waals surface area contributed by atoms with E-state index in [1.807, 2.05) is 31.2 Å². The van der Waals surface area contributed by atoms with Crippen molar-refractivity contribution in [1.29, 1.82) is 5.26 Å². The fraction of sp³-hybridized carbons (Fsp3) is 0.364. The van der Waals surface area contributed by atoms with Crippen molar-refractivity contribution in [1.82, 2.24) is 4.90 Å². The third-order valence-corrected chi connectivity index (χ3v) is 4.84. The van der Waals surface area contributed by atoms with Crippen LogP contribution < -0.4 is 0 Å². The second-order valence-corrected chi connectivity index (χ2v) is 6.68. The molecule has 0 amide bonds. The molecule has 1 aliphatic rings. The highest BCUT2D eigenvalue weighted by atomic mass is 16.5. The molecule has 1 fully saturated rings. The van der Waals surface area contributed by atoms with Crippen molar-refractivity contribution in [2.45, 2.75) is 26.3 Å². The molecule has 0 aliphatic carbocycles. The first kappa shape index (κ1) is 18.2. The number of benzene rings is 2. The highest BCUT2D eigenvalue weighted by molar-refractivity contribution is 5.73. The number of likely N-dealkylation sites (tertiary alicyclic amines) is 1. The summed E-state index contributed by atoms with van der Waals surface area (Å²) in [5.41, 5.74) is 3.91. The van der Waals surface area contributed by atoms with E-state index in [1.165, 1.54) is 5.56 Å². The maximum Gasteiger partial charge on any atom is 0.310 e. The molecule has 4 nitrogen and oxygen atoms in total. The monoisotopic (exact) mass is 348 g/mol. The summed E-state index contributed by atoms with van der Waals surface area (Å²) in [5.74, 6) is -0.0777. The number of esters is 1. The van der Waals surface area contributed by atoms with Crippen LogP contribution in [0.15, 0.2) is 48.5 Å². The fourth-order valence-electron chi connectivity index (χ4n) is 3.53. The average molecular weight is 348 g/mol. The SMILES string of the molecule is CCOC(=O)C1CCCN(Cc2ccc(-c3ccccc3C#N)cc2)C1. The lowest BCUT2D eigenvalue weighted by molar-refractivity contribution is -0.150. The number of piperidine rings is 1. The van der Waals surface area contributed by atoms with Gasteiger partial charge in [-0.05, 0) is 49.1 Å². The summed E-state index contributed by atoms with van der Waals surface area (Å²) in [5, 5.41) is 9.26. The van der Waals surface area contributed by atoms with Crippen molar-refractivity contribution in [2.75, 3.05) is 19.7 Å². The molecule has 26 heavy (non-hydrogen) atoms. The molecule has 0 radical (unpaired) electrons. The van der Waals surface area contributed by atoms with E-state index in [0.29, 0.717) is 12.2 Å².